The van der Waals surface area contributed by atoms with Gasteiger partial charge in [-0.05, 0) is 70.3 Å². The molecule has 1 aliphatic rings. The number of anilines is 1. The van der Waals surface area contributed by atoms with Crippen LogP contribution in [-0.2, 0) is 0 Å². The summed E-state index contributed by atoms with van der Waals surface area (Å²) in [6.45, 7) is 14.1. The minimum Gasteiger partial charge on any atom is -0.356 e. The number of para-hydroxylation sites is 1. The molecule has 2 aromatic rings. The molecule has 0 saturated carbocycles. The summed E-state index contributed by atoms with van der Waals surface area (Å²) < 4.78 is 0. The lowest BCUT2D eigenvalue weighted by Crippen LogP contribution is -2.36. The fraction of sp³-hybridized carbons (Fsp3) is 0.600. The normalized spacial score (nSPS) is 18.0. The molecule has 1 aromatic carbocycles. The zero-order chi connectivity index (χ0) is 21.5. The van der Waals surface area contributed by atoms with E-state index in [4.69, 9.17) is 4.98 Å². The van der Waals surface area contributed by atoms with E-state index in [1.165, 1.54) is 12.8 Å². The van der Waals surface area contributed by atoms with Gasteiger partial charge < -0.3 is 15.1 Å². The number of piperidine rings is 1. The van der Waals surface area contributed by atoms with Crippen LogP contribution >= 0.6 is 0 Å². The second-order valence-electron chi connectivity index (χ2n) is 8.78. The summed E-state index contributed by atoms with van der Waals surface area (Å²) in [4.78, 5) is 22.9. The summed E-state index contributed by atoms with van der Waals surface area (Å²) in [5, 5.41) is 4.16. The molecule has 1 N–H and O–H groups in total. The molecule has 1 saturated heterocycles. The van der Waals surface area contributed by atoms with Gasteiger partial charge >= 0.3 is 0 Å². The second-order valence-corrected chi connectivity index (χ2v) is 8.78. The number of aromatic nitrogens is 1. The fourth-order valence-corrected chi connectivity index (χ4v) is 4.44. The van der Waals surface area contributed by atoms with E-state index in [0.29, 0.717) is 5.92 Å². The molecule has 0 aliphatic carbocycles. The number of benzene rings is 1. The third-order valence-corrected chi connectivity index (χ3v) is 6.31. The molecule has 2 heterocycles. The number of nitrogens with one attached hydrogen (secondary N) is 1. The first-order chi connectivity index (χ1) is 14.5. The van der Waals surface area contributed by atoms with Crippen molar-refractivity contribution in [2.45, 2.75) is 59.4 Å². The summed E-state index contributed by atoms with van der Waals surface area (Å²) in [5.74, 6) is 1.60. The van der Waals surface area contributed by atoms with E-state index in [2.05, 4.69) is 42.8 Å². The van der Waals surface area contributed by atoms with Gasteiger partial charge in [-0.15, -0.1) is 0 Å². The monoisotopic (exact) mass is 410 g/mol. The van der Waals surface area contributed by atoms with Gasteiger partial charge in [0.15, 0.2) is 0 Å². The molecule has 1 aromatic heterocycles. The number of pyridine rings is 1. The molecule has 30 heavy (non-hydrogen) atoms. The Labute approximate surface area is 181 Å². The minimum atomic E-state index is 0.00949. The number of nitrogens with zero attached hydrogens (tertiary/aromatic N) is 3. The van der Waals surface area contributed by atoms with E-state index in [0.717, 1.165) is 67.8 Å². The van der Waals surface area contributed by atoms with Crippen molar-refractivity contribution in [1.82, 2.24) is 15.2 Å². The van der Waals surface area contributed by atoms with Gasteiger partial charge in [0.1, 0.15) is 5.82 Å². The van der Waals surface area contributed by atoms with Gasteiger partial charge in [-0.1, -0.05) is 39.0 Å². The highest BCUT2D eigenvalue weighted by Crippen LogP contribution is 2.26. The van der Waals surface area contributed by atoms with Gasteiger partial charge in [-0.3, -0.25) is 4.79 Å². The van der Waals surface area contributed by atoms with E-state index >= 15 is 0 Å². The van der Waals surface area contributed by atoms with Crippen LogP contribution < -0.4 is 10.2 Å². The Balaban J connectivity index is 1.74. The molecule has 2 atom stereocenters. The standard InChI is InChI=1S/C25H38N4O/c1-5-28(6-2)15-10-12-20(4)26-25(30)22-17-24(29-16-9-11-19(3)18-29)27-23-14-8-7-13-21(22)23/h7-8,13-14,17,19-20H,5-6,9-12,15-16,18H2,1-4H3,(H,26,30)/t19-,20-/m1/s1. The number of carbonyl (C=O) groups excluding carboxylic acids is 1. The largest absolute Gasteiger partial charge is 0.356 e. The average Bonchev–Trinajstić information content (AvgIpc) is 2.76. The van der Waals surface area contributed by atoms with Crippen LogP contribution in [0.1, 0.15) is 63.7 Å². The molecule has 5 heteroatoms. The number of amides is 1. The first-order valence-electron chi connectivity index (χ1n) is 11.7. The van der Waals surface area contributed by atoms with Gasteiger partial charge in [0.05, 0.1) is 11.1 Å². The van der Waals surface area contributed by atoms with Crippen LogP contribution in [0.25, 0.3) is 10.9 Å². The van der Waals surface area contributed by atoms with E-state index in [1.807, 2.05) is 30.3 Å². The lowest BCUT2D eigenvalue weighted by molar-refractivity contribution is 0.0939. The maximum Gasteiger partial charge on any atom is 0.252 e. The first-order valence-corrected chi connectivity index (χ1v) is 11.7. The van der Waals surface area contributed by atoms with E-state index < -0.39 is 0 Å². The van der Waals surface area contributed by atoms with Crippen molar-refractivity contribution in [1.29, 1.82) is 0 Å². The summed E-state index contributed by atoms with van der Waals surface area (Å²) >= 11 is 0. The third kappa shape index (κ3) is 5.72. The van der Waals surface area contributed by atoms with Crippen LogP contribution in [0.3, 0.4) is 0 Å². The topological polar surface area (TPSA) is 48.5 Å². The van der Waals surface area contributed by atoms with Gasteiger partial charge in [0.25, 0.3) is 5.91 Å². The minimum absolute atomic E-state index is 0.00949. The number of rotatable bonds is 9. The van der Waals surface area contributed by atoms with Crippen LogP contribution in [-0.4, -0.2) is 54.6 Å². The number of hydrogen-bond donors (Lipinski definition) is 1. The van der Waals surface area contributed by atoms with Crippen molar-refractivity contribution in [3.63, 3.8) is 0 Å². The highest BCUT2D eigenvalue weighted by molar-refractivity contribution is 6.07. The highest BCUT2D eigenvalue weighted by Gasteiger charge is 2.21. The Kier molecular flexibility index (Phi) is 8.08. The molecule has 1 fully saturated rings. The van der Waals surface area contributed by atoms with Crippen LogP contribution in [0.15, 0.2) is 30.3 Å². The molecule has 0 bridgehead atoms. The molecular weight excluding hydrogens is 372 g/mol. The fourth-order valence-electron chi connectivity index (χ4n) is 4.44. The van der Waals surface area contributed by atoms with Gasteiger partial charge in [0.2, 0.25) is 0 Å². The summed E-state index contributed by atoms with van der Waals surface area (Å²) in [7, 11) is 0. The number of fused-ring (bicyclic) bond motifs is 1. The van der Waals surface area contributed by atoms with Crippen LogP contribution in [0.4, 0.5) is 5.82 Å². The summed E-state index contributed by atoms with van der Waals surface area (Å²) in [5.41, 5.74) is 1.64. The molecule has 5 nitrogen and oxygen atoms in total. The Morgan fingerprint density at radius 2 is 2.07 bits per heavy atom. The van der Waals surface area contributed by atoms with Gasteiger partial charge in [-0.2, -0.15) is 0 Å². The highest BCUT2D eigenvalue weighted by atomic mass is 16.1. The van der Waals surface area contributed by atoms with Crippen molar-refractivity contribution >= 4 is 22.6 Å². The van der Waals surface area contributed by atoms with Crippen LogP contribution in [0, 0.1) is 5.92 Å². The zero-order valence-electron chi connectivity index (χ0n) is 19.2. The Morgan fingerprint density at radius 3 is 2.80 bits per heavy atom. The molecule has 1 amide bonds. The molecular formula is C25H38N4O. The van der Waals surface area contributed by atoms with Gasteiger partial charge in [-0.25, -0.2) is 4.98 Å². The Hall–Kier alpha value is -2.14. The van der Waals surface area contributed by atoms with E-state index in [9.17, 15) is 4.79 Å². The number of hydrogen-bond acceptors (Lipinski definition) is 4. The average molecular weight is 411 g/mol. The summed E-state index contributed by atoms with van der Waals surface area (Å²) in [6, 6.07) is 10.1. The Bertz CT molecular complexity index is 833. The molecule has 0 unspecified atom stereocenters. The van der Waals surface area contributed by atoms with Crippen molar-refractivity contribution in [3.8, 4) is 0 Å². The molecule has 164 valence electrons. The van der Waals surface area contributed by atoms with Crippen LogP contribution in [0.5, 0.6) is 0 Å². The zero-order valence-corrected chi connectivity index (χ0v) is 19.2. The molecule has 0 radical (unpaired) electrons. The quantitative estimate of drug-likeness (QED) is 0.650. The summed E-state index contributed by atoms with van der Waals surface area (Å²) in [6.07, 6.45) is 4.53. The third-order valence-electron chi connectivity index (χ3n) is 6.31. The predicted octanol–water partition coefficient (Wildman–Crippen LogP) is 4.71. The lowest BCUT2D eigenvalue weighted by atomic mass is 10.00. The molecule has 1 aliphatic heterocycles. The van der Waals surface area contributed by atoms with Gasteiger partial charge in [0, 0.05) is 24.5 Å². The lowest BCUT2D eigenvalue weighted by Gasteiger charge is -2.32. The maximum atomic E-state index is 13.2. The van der Waals surface area contributed by atoms with E-state index in [-0.39, 0.29) is 11.9 Å². The van der Waals surface area contributed by atoms with Crippen molar-refractivity contribution in [2.24, 2.45) is 5.92 Å². The molecule has 3 rings (SSSR count). The van der Waals surface area contributed by atoms with E-state index in [1.54, 1.807) is 0 Å². The van der Waals surface area contributed by atoms with Crippen molar-refractivity contribution in [3.05, 3.63) is 35.9 Å². The SMILES string of the molecule is CCN(CC)CCC[C@@H](C)NC(=O)c1cc(N2CCC[C@@H](C)C2)nc2ccccc12. The van der Waals surface area contributed by atoms with Crippen LogP contribution in [0.2, 0.25) is 0 Å². The van der Waals surface area contributed by atoms with Crippen molar-refractivity contribution in [2.75, 3.05) is 37.6 Å². The first kappa shape index (κ1) is 22.5. The maximum absolute atomic E-state index is 13.2. The smallest absolute Gasteiger partial charge is 0.252 e. The second kappa shape index (κ2) is 10.8. The Morgan fingerprint density at radius 1 is 1.30 bits per heavy atom. The predicted molar refractivity (Wildman–Crippen MR) is 126 cm³/mol. The number of carbonyl (C=O) groups is 1. The van der Waals surface area contributed by atoms with Crippen molar-refractivity contribution < 1.29 is 4.79 Å². The molecule has 0 spiro atoms.